The SMILES string of the molecule is O=C1COc2cc3c(cc2O1)C1(CO3)CN(Cc2ncccc2C(=O)O)c2ccccc21. The number of carboxylic acids is 1. The van der Waals surface area contributed by atoms with Crippen molar-refractivity contribution in [2.75, 3.05) is 24.7 Å². The molecule has 1 aromatic heterocycles. The van der Waals surface area contributed by atoms with E-state index in [-0.39, 0.29) is 12.2 Å². The van der Waals surface area contributed by atoms with Crippen LogP contribution >= 0.6 is 0 Å². The van der Waals surface area contributed by atoms with Crippen molar-refractivity contribution in [3.63, 3.8) is 0 Å². The van der Waals surface area contributed by atoms with Gasteiger partial charge in [-0.1, -0.05) is 18.2 Å². The van der Waals surface area contributed by atoms with Gasteiger partial charge in [0, 0.05) is 30.1 Å². The van der Waals surface area contributed by atoms with Crippen molar-refractivity contribution in [1.29, 1.82) is 0 Å². The molecule has 3 aliphatic heterocycles. The lowest BCUT2D eigenvalue weighted by molar-refractivity contribution is -0.138. The van der Waals surface area contributed by atoms with Crippen molar-refractivity contribution >= 4 is 17.6 Å². The van der Waals surface area contributed by atoms with E-state index in [2.05, 4.69) is 16.0 Å². The van der Waals surface area contributed by atoms with Gasteiger partial charge in [-0.2, -0.15) is 0 Å². The molecule has 0 saturated carbocycles. The number of anilines is 1. The van der Waals surface area contributed by atoms with Gasteiger partial charge in [0.2, 0.25) is 0 Å². The second kappa shape index (κ2) is 6.71. The Hall–Kier alpha value is -4.07. The average Bonchev–Trinajstić information content (AvgIpc) is 3.31. The van der Waals surface area contributed by atoms with Crippen LogP contribution in [-0.4, -0.2) is 41.8 Å². The maximum absolute atomic E-state index is 11.7. The Labute approximate surface area is 183 Å². The molecular formula is C24H18N2O6. The molecule has 1 atom stereocenters. The second-order valence-corrected chi connectivity index (χ2v) is 8.10. The summed E-state index contributed by atoms with van der Waals surface area (Å²) in [6.45, 7) is 1.21. The van der Waals surface area contributed by atoms with E-state index < -0.39 is 17.4 Å². The summed E-state index contributed by atoms with van der Waals surface area (Å²) in [6.07, 6.45) is 1.61. The first-order valence-corrected chi connectivity index (χ1v) is 10.2. The number of nitrogens with zero attached hydrogens (tertiary/aromatic N) is 2. The zero-order chi connectivity index (χ0) is 21.9. The fourth-order valence-corrected chi connectivity index (χ4v) is 4.88. The highest BCUT2D eigenvalue weighted by Crippen LogP contribution is 2.54. The zero-order valence-electron chi connectivity index (χ0n) is 16.9. The van der Waals surface area contributed by atoms with Crippen molar-refractivity contribution < 1.29 is 28.9 Å². The zero-order valence-corrected chi connectivity index (χ0v) is 16.9. The van der Waals surface area contributed by atoms with Crippen molar-refractivity contribution in [2.45, 2.75) is 12.0 Å². The lowest BCUT2D eigenvalue weighted by Crippen LogP contribution is -2.36. The van der Waals surface area contributed by atoms with Gasteiger partial charge in [-0.15, -0.1) is 0 Å². The van der Waals surface area contributed by atoms with Crippen molar-refractivity contribution in [1.82, 2.24) is 4.98 Å². The molecule has 8 nitrogen and oxygen atoms in total. The van der Waals surface area contributed by atoms with Crippen molar-refractivity contribution in [2.24, 2.45) is 0 Å². The standard InChI is InChI=1S/C24H18N2O6/c27-22-11-30-20-9-19-16(8-21(20)32-22)24(13-31-19)12-26(18-6-2-1-5-15(18)24)10-17-14(23(28)29)4-3-7-25-17/h1-9H,10-13H2,(H,28,29). The van der Waals surface area contributed by atoms with Crippen molar-refractivity contribution in [3.8, 4) is 17.2 Å². The number of benzene rings is 2. The van der Waals surface area contributed by atoms with Crippen LogP contribution in [0.25, 0.3) is 0 Å². The Kier molecular flexibility index (Phi) is 3.92. The van der Waals surface area contributed by atoms with E-state index in [0.717, 1.165) is 16.8 Å². The largest absolute Gasteiger partial charge is 0.492 e. The summed E-state index contributed by atoms with van der Waals surface area (Å²) >= 11 is 0. The minimum absolute atomic E-state index is 0.122. The first-order chi connectivity index (χ1) is 15.5. The molecular weight excluding hydrogens is 412 g/mol. The molecule has 1 N–H and O–H groups in total. The lowest BCUT2D eigenvalue weighted by atomic mass is 9.77. The number of esters is 1. The van der Waals surface area contributed by atoms with Crippen LogP contribution in [0.15, 0.2) is 54.7 Å². The van der Waals surface area contributed by atoms with Gasteiger partial charge in [-0.25, -0.2) is 9.59 Å². The van der Waals surface area contributed by atoms with E-state index in [9.17, 15) is 14.7 Å². The van der Waals surface area contributed by atoms with E-state index in [1.165, 1.54) is 0 Å². The molecule has 1 spiro atoms. The predicted molar refractivity (Wildman–Crippen MR) is 113 cm³/mol. The highest BCUT2D eigenvalue weighted by atomic mass is 16.6. The first-order valence-electron chi connectivity index (χ1n) is 10.2. The molecule has 0 aliphatic carbocycles. The van der Waals surface area contributed by atoms with Crippen LogP contribution in [0.2, 0.25) is 0 Å². The average molecular weight is 430 g/mol. The fraction of sp³-hybridized carbons (Fsp3) is 0.208. The third kappa shape index (κ3) is 2.65. The molecule has 0 bridgehead atoms. The molecule has 0 fully saturated rings. The van der Waals surface area contributed by atoms with Crippen LogP contribution in [0, 0.1) is 0 Å². The topological polar surface area (TPSA) is 98.2 Å². The number of pyridine rings is 1. The maximum atomic E-state index is 11.7. The maximum Gasteiger partial charge on any atom is 0.349 e. The van der Waals surface area contributed by atoms with Crippen LogP contribution in [0.1, 0.15) is 27.2 Å². The summed E-state index contributed by atoms with van der Waals surface area (Å²) in [5.41, 5.74) is 3.20. The van der Waals surface area contributed by atoms with E-state index in [4.69, 9.17) is 14.2 Å². The van der Waals surface area contributed by atoms with E-state index in [1.54, 1.807) is 24.4 Å². The number of hydrogen-bond donors (Lipinski definition) is 1. The van der Waals surface area contributed by atoms with Gasteiger partial charge >= 0.3 is 11.9 Å². The molecule has 0 radical (unpaired) electrons. The molecule has 0 amide bonds. The normalized spacial score (nSPS) is 20.1. The molecule has 1 unspecified atom stereocenters. The van der Waals surface area contributed by atoms with Gasteiger partial charge in [0.15, 0.2) is 18.1 Å². The number of aromatic carboxylic acids is 1. The smallest absolute Gasteiger partial charge is 0.349 e. The Balaban J connectivity index is 1.44. The van der Waals surface area contributed by atoms with E-state index in [1.807, 2.05) is 24.3 Å². The van der Waals surface area contributed by atoms with E-state index >= 15 is 0 Å². The summed E-state index contributed by atoms with van der Waals surface area (Å²) in [5, 5.41) is 9.57. The number of para-hydroxylation sites is 1. The van der Waals surface area contributed by atoms with Gasteiger partial charge in [0.05, 0.1) is 23.2 Å². The Morgan fingerprint density at radius 2 is 1.94 bits per heavy atom. The Morgan fingerprint density at radius 1 is 1.06 bits per heavy atom. The minimum Gasteiger partial charge on any atom is -0.492 e. The monoisotopic (exact) mass is 430 g/mol. The summed E-state index contributed by atoms with van der Waals surface area (Å²) in [7, 11) is 0. The lowest BCUT2D eigenvalue weighted by Gasteiger charge is -2.26. The summed E-state index contributed by atoms with van der Waals surface area (Å²) in [5.74, 6) is 0.137. The molecule has 32 heavy (non-hydrogen) atoms. The van der Waals surface area contributed by atoms with Gasteiger partial charge < -0.3 is 24.2 Å². The highest BCUT2D eigenvalue weighted by Gasteiger charge is 2.50. The molecule has 2 aromatic carbocycles. The molecule has 8 heteroatoms. The number of hydrogen-bond acceptors (Lipinski definition) is 7. The summed E-state index contributed by atoms with van der Waals surface area (Å²) in [6, 6.07) is 14.8. The minimum atomic E-state index is -1.00. The fourth-order valence-electron chi connectivity index (χ4n) is 4.88. The second-order valence-electron chi connectivity index (χ2n) is 8.10. The molecule has 160 valence electrons. The molecule has 3 aromatic rings. The molecule has 3 aliphatic rings. The number of rotatable bonds is 3. The quantitative estimate of drug-likeness (QED) is 0.500. The number of carbonyl (C=O) groups is 2. The van der Waals surface area contributed by atoms with Gasteiger partial charge in [-0.05, 0) is 29.8 Å². The Morgan fingerprint density at radius 3 is 2.81 bits per heavy atom. The van der Waals surface area contributed by atoms with E-state index in [0.29, 0.717) is 42.6 Å². The van der Waals surface area contributed by atoms with Crippen LogP contribution in [-0.2, 0) is 16.8 Å². The van der Waals surface area contributed by atoms with Gasteiger partial charge in [-0.3, -0.25) is 4.98 Å². The Bertz CT molecular complexity index is 1290. The number of fused-ring (bicyclic) bond motifs is 5. The summed E-state index contributed by atoms with van der Waals surface area (Å²) in [4.78, 5) is 29.9. The number of ether oxygens (including phenoxy) is 3. The summed E-state index contributed by atoms with van der Waals surface area (Å²) < 4.78 is 17.0. The number of aromatic nitrogens is 1. The molecule has 4 heterocycles. The molecule has 0 saturated heterocycles. The third-order valence-corrected chi connectivity index (χ3v) is 6.29. The number of carboxylic acid groups (broad SMARTS) is 1. The van der Waals surface area contributed by atoms with Crippen LogP contribution in [0.4, 0.5) is 5.69 Å². The van der Waals surface area contributed by atoms with Crippen LogP contribution < -0.4 is 19.1 Å². The van der Waals surface area contributed by atoms with Crippen LogP contribution in [0.3, 0.4) is 0 Å². The molecule has 6 rings (SSSR count). The highest BCUT2D eigenvalue weighted by molar-refractivity contribution is 5.89. The van der Waals surface area contributed by atoms with Crippen molar-refractivity contribution in [3.05, 3.63) is 77.1 Å². The number of carbonyl (C=O) groups excluding carboxylic acids is 1. The van der Waals surface area contributed by atoms with Gasteiger partial charge in [0.25, 0.3) is 0 Å². The predicted octanol–water partition coefficient (Wildman–Crippen LogP) is 2.78. The third-order valence-electron chi connectivity index (χ3n) is 6.29. The van der Waals surface area contributed by atoms with Crippen LogP contribution in [0.5, 0.6) is 17.2 Å². The van der Waals surface area contributed by atoms with Gasteiger partial charge in [0.1, 0.15) is 12.4 Å². The first kappa shape index (κ1) is 18.7.